The molecule has 1 aromatic carbocycles. The number of halogens is 1. The number of amidine groups is 1. The predicted molar refractivity (Wildman–Crippen MR) is 101 cm³/mol. The van der Waals surface area contributed by atoms with E-state index in [1.165, 1.54) is 36.8 Å². The third kappa shape index (κ3) is 5.42. The van der Waals surface area contributed by atoms with Crippen LogP contribution in [0.3, 0.4) is 0 Å². The zero-order valence-electron chi connectivity index (χ0n) is 14.5. The maximum absolute atomic E-state index is 10.1. The summed E-state index contributed by atoms with van der Waals surface area (Å²) in [5.41, 5.74) is 3.66. The van der Waals surface area contributed by atoms with Crippen LogP contribution in [0.4, 0.5) is 0 Å². The third-order valence-electron chi connectivity index (χ3n) is 4.37. The van der Waals surface area contributed by atoms with Gasteiger partial charge in [-0.05, 0) is 61.8 Å². The molecule has 0 aliphatic heterocycles. The highest BCUT2D eigenvalue weighted by Crippen LogP contribution is 2.31. The second kappa shape index (κ2) is 10.5. The number of nitrogens with zero attached hydrogens (tertiary/aromatic N) is 1. The van der Waals surface area contributed by atoms with E-state index in [1.54, 1.807) is 0 Å². The van der Waals surface area contributed by atoms with E-state index in [0.29, 0.717) is 5.75 Å². The molecule has 1 aliphatic rings. The summed E-state index contributed by atoms with van der Waals surface area (Å²) < 4.78 is 0. The number of phenolic OH excluding ortho intramolecular Hbond substituents is 1. The monoisotopic (exact) mass is 338 g/mol. The molecule has 130 valence electrons. The molecule has 0 radical (unpaired) electrons. The SMILES string of the molecule is CCCCN=C(NCCCC)c1ccc(O)c2c1CCCC2.Cl. The standard InChI is InChI=1S/C19H30N2O.ClH/c1-3-5-13-20-19(21-14-6-4-2)17-11-12-18(22)16-10-8-7-9-15(16)17;/h11-12,22H,3-10,13-14H2,1-2H3,(H,20,21);1H. The normalized spacial score (nSPS) is 14.1. The van der Waals surface area contributed by atoms with Crippen LogP contribution < -0.4 is 5.32 Å². The Labute approximate surface area is 147 Å². The Kier molecular flexibility index (Phi) is 9.08. The van der Waals surface area contributed by atoms with E-state index in [-0.39, 0.29) is 12.4 Å². The first-order valence-electron chi connectivity index (χ1n) is 8.90. The van der Waals surface area contributed by atoms with Gasteiger partial charge in [0.15, 0.2) is 0 Å². The lowest BCUT2D eigenvalue weighted by Crippen LogP contribution is -2.28. The minimum Gasteiger partial charge on any atom is -0.508 e. The van der Waals surface area contributed by atoms with Gasteiger partial charge in [-0.25, -0.2) is 0 Å². The summed E-state index contributed by atoms with van der Waals surface area (Å²) in [5, 5.41) is 13.7. The Morgan fingerprint density at radius 1 is 1.09 bits per heavy atom. The number of rotatable bonds is 7. The average molecular weight is 339 g/mol. The van der Waals surface area contributed by atoms with Crippen LogP contribution in [0, 0.1) is 0 Å². The molecule has 0 amide bonds. The summed E-state index contributed by atoms with van der Waals surface area (Å²) in [6.07, 6.45) is 9.07. The number of phenols is 1. The van der Waals surface area contributed by atoms with Gasteiger partial charge in [-0.3, -0.25) is 4.99 Å². The van der Waals surface area contributed by atoms with E-state index in [4.69, 9.17) is 4.99 Å². The summed E-state index contributed by atoms with van der Waals surface area (Å²) in [4.78, 5) is 4.82. The molecular weight excluding hydrogens is 308 g/mol. The fourth-order valence-corrected chi connectivity index (χ4v) is 3.04. The number of hydrogen-bond acceptors (Lipinski definition) is 2. The van der Waals surface area contributed by atoms with Gasteiger partial charge < -0.3 is 10.4 Å². The van der Waals surface area contributed by atoms with Crippen molar-refractivity contribution in [1.29, 1.82) is 0 Å². The summed E-state index contributed by atoms with van der Waals surface area (Å²) in [6, 6.07) is 3.89. The molecule has 0 unspecified atom stereocenters. The first-order chi connectivity index (χ1) is 10.8. The van der Waals surface area contributed by atoms with Gasteiger partial charge >= 0.3 is 0 Å². The molecule has 0 bridgehead atoms. The maximum atomic E-state index is 10.1. The van der Waals surface area contributed by atoms with Gasteiger partial charge in [-0.2, -0.15) is 0 Å². The van der Waals surface area contributed by atoms with E-state index < -0.39 is 0 Å². The topological polar surface area (TPSA) is 44.6 Å². The molecule has 0 spiro atoms. The van der Waals surface area contributed by atoms with Crippen molar-refractivity contribution in [2.75, 3.05) is 13.1 Å². The van der Waals surface area contributed by atoms with Crippen molar-refractivity contribution in [3.63, 3.8) is 0 Å². The summed E-state index contributed by atoms with van der Waals surface area (Å²) in [7, 11) is 0. The molecule has 4 heteroatoms. The smallest absolute Gasteiger partial charge is 0.128 e. The van der Waals surface area contributed by atoms with E-state index in [9.17, 15) is 5.11 Å². The van der Waals surface area contributed by atoms with Crippen LogP contribution in [0.15, 0.2) is 17.1 Å². The molecule has 23 heavy (non-hydrogen) atoms. The molecule has 0 heterocycles. The van der Waals surface area contributed by atoms with E-state index in [1.807, 2.05) is 12.1 Å². The molecule has 1 aliphatic carbocycles. The summed E-state index contributed by atoms with van der Waals surface area (Å²) in [6.45, 7) is 6.25. The first kappa shape index (κ1) is 19.8. The minimum absolute atomic E-state index is 0. The number of hydrogen-bond donors (Lipinski definition) is 2. The summed E-state index contributed by atoms with van der Waals surface area (Å²) in [5.74, 6) is 1.49. The number of aromatic hydroxyl groups is 1. The highest BCUT2D eigenvalue weighted by atomic mass is 35.5. The first-order valence-corrected chi connectivity index (χ1v) is 8.90. The molecule has 3 nitrogen and oxygen atoms in total. The number of unbranched alkanes of at least 4 members (excludes halogenated alkanes) is 2. The molecule has 0 aromatic heterocycles. The van der Waals surface area contributed by atoms with Gasteiger partial charge in [0.2, 0.25) is 0 Å². The van der Waals surface area contributed by atoms with Gasteiger partial charge in [-0.1, -0.05) is 26.7 Å². The Balaban J connectivity index is 0.00000264. The maximum Gasteiger partial charge on any atom is 0.128 e. The Morgan fingerprint density at radius 3 is 2.48 bits per heavy atom. The number of fused-ring (bicyclic) bond motifs is 1. The fraction of sp³-hybridized carbons (Fsp3) is 0.632. The van der Waals surface area contributed by atoms with Crippen LogP contribution in [0.2, 0.25) is 0 Å². The number of aliphatic imine (C=N–C) groups is 1. The lowest BCUT2D eigenvalue weighted by atomic mass is 9.87. The lowest BCUT2D eigenvalue weighted by Gasteiger charge is -2.22. The Morgan fingerprint density at radius 2 is 1.78 bits per heavy atom. The molecular formula is C19H31ClN2O. The molecule has 1 aromatic rings. The van der Waals surface area contributed by atoms with Crippen molar-refractivity contribution < 1.29 is 5.11 Å². The lowest BCUT2D eigenvalue weighted by molar-refractivity contribution is 0.462. The number of benzene rings is 1. The third-order valence-corrected chi connectivity index (χ3v) is 4.37. The zero-order valence-corrected chi connectivity index (χ0v) is 15.3. The van der Waals surface area contributed by atoms with Crippen LogP contribution in [-0.4, -0.2) is 24.0 Å². The summed E-state index contributed by atoms with van der Waals surface area (Å²) >= 11 is 0. The van der Waals surface area contributed by atoms with Gasteiger partial charge in [0.25, 0.3) is 0 Å². The van der Waals surface area contributed by atoms with Crippen molar-refractivity contribution in [3.05, 3.63) is 28.8 Å². The van der Waals surface area contributed by atoms with E-state index >= 15 is 0 Å². The predicted octanol–water partition coefficient (Wildman–Crippen LogP) is 4.63. The fourth-order valence-electron chi connectivity index (χ4n) is 3.04. The van der Waals surface area contributed by atoms with Gasteiger partial charge in [0.05, 0.1) is 0 Å². The van der Waals surface area contributed by atoms with Crippen molar-refractivity contribution in [2.24, 2.45) is 4.99 Å². The molecule has 0 saturated heterocycles. The Hall–Kier alpha value is -1.22. The van der Waals surface area contributed by atoms with Crippen LogP contribution in [0.5, 0.6) is 5.75 Å². The molecule has 0 saturated carbocycles. The zero-order chi connectivity index (χ0) is 15.8. The van der Waals surface area contributed by atoms with Gasteiger partial charge in [-0.15, -0.1) is 12.4 Å². The minimum atomic E-state index is 0. The molecule has 0 atom stereocenters. The van der Waals surface area contributed by atoms with Crippen molar-refractivity contribution in [3.8, 4) is 5.75 Å². The molecule has 2 N–H and O–H groups in total. The van der Waals surface area contributed by atoms with E-state index in [0.717, 1.165) is 50.2 Å². The highest BCUT2D eigenvalue weighted by molar-refractivity contribution is 6.00. The second-order valence-corrected chi connectivity index (χ2v) is 6.16. The van der Waals surface area contributed by atoms with Crippen LogP contribution in [0.1, 0.15) is 69.1 Å². The Bertz CT molecular complexity index is 514. The van der Waals surface area contributed by atoms with E-state index in [2.05, 4.69) is 19.2 Å². The highest BCUT2D eigenvalue weighted by Gasteiger charge is 2.19. The average Bonchev–Trinajstić information content (AvgIpc) is 2.55. The largest absolute Gasteiger partial charge is 0.508 e. The van der Waals surface area contributed by atoms with Crippen molar-refractivity contribution in [1.82, 2.24) is 5.32 Å². The van der Waals surface area contributed by atoms with Crippen LogP contribution in [0.25, 0.3) is 0 Å². The quantitative estimate of drug-likeness (QED) is 0.432. The van der Waals surface area contributed by atoms with Crippen molar-refractivity contribution >= 4 is 18.2 Å². The number of nitrogens with one attached hydrogen (secondary N) is 1. The molecule has 2 rings (SSSR count). The molecule has 0 fully saturated rings. The van der Waals surface area contributed by atoms with Gasteiger partial charge in [0, 0.05) is 18.7 Å². The van der Waals surface area contributed by atoms with Crippen molar-refractivity contribution in [2.45, 2.75) is 65.2 Å². The second-order valence-electron chi connectivity index (χ2n) is 6.16. The van der Waals surface area contributed by atoms with Crippen LogP contribution >= 0.6 is 12.4 Å². The van der Waals surface area contributed by atoms with Crippen LogP contribution in [-0.2, 0) is 12.8 Å². The van der Waals surface area contributed by atoms with Gasteiger partial charge in [0.1, 0.15) is 11.6 Å².